The molecule has 0 saturated carbocycles. The van der Waals surface area contributed by atoms with Gasteiger partial charge in [0.05, 0.1) is 10.6 Å². The van der Waals surface area contributed by atoms with Crippen molar-refractivity contribution in [2.24, 2.45) is 0 Å². The monoisotopic (exact) mass is 266 g/mol. The number of hydrogen-bond acceptors (Lipinski definition) is 1. The lowest BCUT2D eigenvalue weighted by Crippen LogP contribution is -2.18. The first-order valence-corrected chi connectivity index (χ1v) is 4.87. The van der Waals surface area contributed by atoms with Crippen LogP contribution in [0.4, 0.5) is 4.39 Å². The van der Waals surface area contributed by atoms with Crippen molar-refractivity contribution in [2.45, 2.75) is 19.4 Å². The fourth-order valence-electron chi connectivity index (χ4n) is 1.09. The van der Waals surface area contributed by atoms with E-state index >= 15 is 0 Å². The predicted octanol–water partition coefficient (Wildman–Crippen LogP) is 3.47. The van der Waals surface area contributed by atoms with Crippen molar-refractivity contribution in [1.29, 1.82) is 0 Å². The fourth-order valence-corrected chi connectivity index (χ4v) is 1.80. The summed E-state index contributed by atoms with van der Waals surface area (Å²) < 4.78 is 13.8. The second-order valence-electron chi connectivity index (χ2n) is 3.28. The molecule has 13 heavy (non-hydrogen) atoms. The van der Waals surface area contributed by atoms with E-state index in [1.165, 1.54) is 26.0 Å². The molecule has 0 aromatic heterocycles. The molecule has 0 fully saturated rings. The number of halogens is 3. The summed E-state index contributed by atoms with van der Waals surface area (Å²) in [4.78, 5) is 0. The van der Waals surface area contributed by atoms with E-state index in [0.29, 0.717) is 4.47 Å². The first kappa shape index (κ1) is 11.0. The van der Waals surface area contributed by atoms with Gasteiger partial charge in [0.25, 0.3) is 0 Å². The largest absolute Gasteiger partial charge is 0.386 e. The van der Waals surface area contributed by atoms with E-state index in [1.807, 2.05) is 0 Å². The topological polar surface area (TPSA) is 20.2 Å². The van der Waals surface area contributed by atoms with Crippen LogP contribution in [0.5, 0.6) is 0 Å². The number of hydrogen-bond donors (Lipinski definition) is 1. The minimum Gasteiger partial charge on any atom is -0.386 e. The summed E-state index contributed by atoms with van der Waals surface area (Å²) in [5, 5.41) is 9.85. The average molecular weight is 268 g/mol. The average Bonchev–Trinajstić information content (AvgIpc) is 1.95. The summed E-state index contributed by atoms with van der Waals surface area (Å²) in [6, 6.07) is 2.77. The van der Waals surface area contributed by atoms with Gasteiger partial charge in [-0.3, -0.25) is 0 Å². The third kappa shape index (κ3) is 2.22. The Hall–Kier alpha value is -0.120. The van der Waals surface area contributed by atoms with Gasteiger partial charge in [0, 0.05) is 10.0 Å². The molecule has 0 aliphatic heterocycles. The second-order valence-corrected chi connectivity index (χ2v) is 4.51. The minimum absolute atomic E-state index is 0.114. The molecule has 0 radical (unpaired) electrons. The van der Waals surface area contributed by atoms with Gasteiger partial charge in [-0.1, -0.05) is 11.6 Å². The van der Waals surface area contributed by atoms with Gasteiger partial charge in [0.2, 0.25) is 0 Å². The third-order valence-electron chi connectivity index (χ3n) is 1.66. The Kier molecular flexibility index (Phi) is 3.00. The van der Waals surface area contributed by atoms with Crippen molar-refractivity contribution >= 4 is 27.5 Å². The molecule has 0 unspecified atom stereocenters. The summed E-state index contributed by atoms with van der Waals surface area (Å²) >= 11 is 9.00. The molecule has 0 heterocycles. The Morgan fingerprint density at radius 1 is 1.46 bits per heavy atom. The van der Waals surface area contributed by atoms with Gasteiger partial charge >= 0.3 is 0 Å². The van der Waals surface area contributed by atoms with Crippen molar-refractivity contribution in [1.82, 2.24) is 0 Å². The van der Waals surface area contributed by atoms with E-state index in [2.05, 4.69) is 15.9 Å². The Balaban J connectivity index is 3.43. The quantitative estimate of drug-likeness (QED) is 0.773. The van der Waals surface area contributed by atoms with Crippen LogP contribution >= 0.6 is 27.5 Å². The van der Waals surface area contributed by atoms with E-state index in [4.69, 9.17) is 11.6 Å². The van der Waals surface area contributed by atoms with Crippen molar-refractivity contribution in [3.63, 3.8) is 0 Å². The highest BCUT2D eigenvalue weighted by atomic mass is 79.9. The second kappa shape index (κ2) is 3.56. The maximum absolute atomic E-state index is 13.3. The third-order valence-corrected chi connectivity index (χ3v) is 2.94. The molecule has 0 aliphatic rings. The Morgan fingerprint density at radius 3 is 2.38 bits per heavy atom. The summed E-state index contributed by atoms with van der Waals surface area (Å²) in [5.74, 6) is -0.499. The van der Waals surface area contributed by atoms with Crippen LogP contribution in [0.3, 0.4) is 0 Å². The van der Waals surface area contributed by atoms with Crippen LogP contribution in [0, 0.1) is 5.82 Å². The zero-order valence-corrected chi connectivity index (χ0v) is 9.58. The molecule has 0 amide bonds. The molecule has 0 spiro atoms. The van der Waals surface area contributed by atoms with Crippen molar-refractivity contribution in [2.75, 3.05) is 0 Å². The van der Waals surface area contributed by atoms with Gasteiger partial charge in [-0.15, -0.1) is 0 Å². The Labute approximate surface area is 89.7 Å². The van der Waals surface area contributed by atoms with Crippen molar-refractivity contribution in [3.8, 4) is 0 Å². The smallest absolute Gasteiger partial charge is 0.130 e. The first-order valence-electron chi connectivity index (χ1n) is 3.70. The van der Waals surface area contributed by atoms with E-state index in [9.17, 15) is 9.50 Å². The van der Waals surface area contributed by atoms with Gasteiger partial charge in [-0.2, -0.15) is 0 Å². The summed E-state index contributed by atoms with van der Waals surface area (Å²) in [6.07, 6.45) is 0. The van der Waals surface area contributed by atoms with Crippen LogP contribution in [0.2, 0.25) is 5.02 Å². The normalized spacial score (nSPS) is 11.8. The molecule has 0 aliphatic carbocycles. The molecule has 72 valence electrons. The maximum atomic E-state index is 13.3. The lowest BCUT2D eigenvalue weighted by molar-refractivity contribution is 0.0746. The lowest BCUT2D eigenvalue weighted by atomic mass is 9.98. The summed E-state index contributed by atoms with van der Waals surface area (Å²) in [5.41, 5.74) is -1.16. The lowest BCUT2D eigenvalue weighted by Gasteiger charge is -2.20. The standard InChI is InChI=1S/C9H9BrClFO/c1-9(2,13)7-6(12)4-3-5(10)8(7)11/h3-4,13H,1-2H3. The highest BCUT2D eigenvalue weighted by molar-refractivity contribution is 9.10. The zero-order chi connectivity index (χ0) is 10.2. The Morgan fingerprint density at radius 2 is 2.00 bits per heavy atom. The maximum Gasteiger partial charge on any atom is 0.130 e. The van der Waals surface area contributed by atoms with Crippen molar-refractivity contribution in [3.05, 3.63) is 33.0 Å². The molecule has 1 N–H and O–H groups in total. The van der Waals surface area contributed by atoms with Gasteiger partial charge in [0.1, 0.15) is 5.82 Å². The van der Waals surface area contributed by atoms with E-state index in [-0.39, 0.29) is 10.6 Å². The highest BCUT2D eigenvalue weighted by Gasteiger charge is 2.24. The van der Waals surface area contributed by atoms with Crippen LogP contribution in [0.15, 0.2) is 16.6 Å². The van der Waals surface area contributed by atoms with Crippen LogP contribution in [0.25, 0.3) is 0 Å². The zero-order valence-electron chi connectivity index (χ0n) is 7.24. The highest BCUT2D eigenvalue weighted by Crippen LogP contribution is 2.35. The van der Waals surface area contributed by atoms with E-state index in [0.717, 1.165) is 0 Å². The number of rotatable bonds is 1. The number of aliphatic hydroxyl groups is 1. The van der Waals surface area contributed by atoms with Crippen LogP contribution < -0.4 is 0 Å². The molecular formula is C9H9BrClFO. The molecule has 1 rings (SSSR count). The van der Waals surface area contributed by atoms with Crippen LogP contribution in [-0.4, -0.2) is 5.11 Å². The molecule has 1 aromatic carbocycles. The van der Waals surface area contributed by atoms with Crippen molar-refractivity contribution < 1.29 is 9.50 Å². The van der Waals surface area contributed by atoms with Gasteiger partial charge in [0.15, 0.2) is 0 Å². The minimum atomic E-state index is -1.27. The molecule has 0 atom stereocenters. The molecule has 0 saturated heterocycles. The SMILES string of the molecule is CC(C)(O)c1c(F)ccc(Br)c1Cl. The van der Waals surface area contributed by atoms with E-state index in [1.54, 1.807) is 0 Å². The summed E-state index contributed by atoms with van der Waals surface area (Å²) in [7, 11) is 0. The van der Waals surface area contributed by atoms with Gasteiger partial charge in [-0.25, -0.2) is 4.39 Å². The first-order chi connectivity index (χ1) is 5.84. The molecule has 4 heteroatoms. The predicted molar refractivity (Wildman–Crippen MR) is 54.4 cm³/mol. The molecular weight excluding hydrogens is 258 g/mol. The molecule has 1 aromatic rings. The number of benzene rings is 1. The van der Waals surface area contributed by atoms with Crippen LogP contribution in [0.1, 0.15) is 19.4 Å². The van der Waals surface area contributed by atoms with E-state index < -0.39 is 11.4 Å². The molecule has 0 bridgehead atoms. The molecule has 1 nitrogen and oxygen atoms in total. The van der Waals surface area contributed by atoms with Gasteiger partial charge in [-0.05, 0) is 41.9 Å². The van der Waals surface area contributed by atoms with Gasteiger partial charge < -0.3 is 5.11 Å². The van der Waals surface area contributed by atoms with Crippen LogP contribution in [-0.2, 0) is 5.60 Å². The fraction of sp³-hybridized carbons (Fsp3) is 0.333. The Bertz CT molecular complexity index is 333. The summed E-state index contributed by atoms with van der Waals surface area (Å²) in [6.45, 7) is 2.98.